The van der Waals surface area contributed by atoms with Crippen LogP contribution in [0.1, 0.15) is 22.0 Å². The average Bonchev–Trinajstić information content (AvgIpc) is 3.29. The lowest BCUT2D eigenvalue weighted by molar-refractivity contribution is -0.117. The summed E-state index contributed by atoms with van der Waals surface area (Å²) in [5.74, 6) is 1.25. The van der Waals surface area contributed by atoms with Crippen molar-refractivity contribution in [3.63, 3.8) is 0 Å². The summed E-state index contributed by atoms with van der Waals surface area (Å²) in [6.45, 7) is 0.959. The quantitative estimate of drug-likeness (QED) is 0.498. The van der Waals surface area contributed by atoms with Crippen molar-refractivity contribution >= 4 is 46.1 Å². The molecule has 0 aliphatic carbocycles. The third kappa shape index (κ3) is 4.67. The SMILES string of the molecule is COc1cc2c(cc1OC)[C@H](c1cccs1)N(CC(=O)Nc1cc(Cl)ccc1Cl)CC2. The van der Waals surface area contributed by atoms with E-state index in [-0.39, 0.29) is 18.5 Å². The molecule has 0 saturated carbocycles. The van der Waals surface area contributed by atoms with Crippen LogP contribution in [0.2, 0.25) is 10.0 Å². The van der Waals surface area contributed by atoms with Crippen LogP contribution in [0.4, 0.5) is 5.69 Å². The number of nitrogens with zero attached hydrogens (tertiary/aromatic N) is 1. The number of hydrogen-bond acceptors (Lipinski definition) is 5. The van der Waals surface area contributed by atoms with Gasteiger partial charge in [-0.1, -0.05) is 29.3 Å². The van der Waals surface area contributed by atoms with Gasteiger partial charge in [-0.05, 0) is 59.3 Å². The van der Waals surface area contributed by atoms with Crippen LogP contribution in [0, 0.1) is 0 Å². The molecule has 0 fully saturated rings. The summed E-state index contributed by atoms with van der Waals surface area (Å²) in [4.78, 5) is 16.2. The summed E-state index contributed by atoms with van der Waals surface area (Å²) in [5, 5.41) is 5.91. The van der Waals surface area contributed by atoms with Crippen LogP contribution >= 0.6 is 34.5 Å². The smallest absolute Gasteiger partial charge is 0.238 e. The molecule has 1 N–H and O–H groups in total. The molecule has 1 atom stereocenters. The fourth-order valence-electron chi connectivity index (χ4n) is 3.92. The van der Waals surface area contributed by atoms with Crippen molar-refractivity contribution in [1.29, 1.82) is 0 Å². The van der Waals surface area contributed by atoms with Crippen molar-refractivity contribution < 1.29 is 14.3 Å². The standard InChI is InChI=1S/C23H22Cl2N2O3S/c1-29-19-10-14-7-8-27(13-22(28)26-18-11-15(24)5-6-17(18)25)23(21-4-3-9-31-21)16(14)12-20(19)30-2/h3-6,9-12,23H,7-8,13H2,1-2H3,(H,26,28)/t23-/m1/s1. The number of benzene rings is 2. The Balaban J connectivity index is 1.63. The van der Waals surface area contributed by atoms with E-state index in [4.69, 9.17) is 32.7 Å². The van der Waals surface area contributed by atoms with Gasteiger partial charge in [0.25, 0.3) is 0 Å². The van der Waals surface area contributed by atoms with E-state index in [0.29, 0.717) is 27.2 Å². The van der Waals surface area contributed by atoms with Gasteiger partial charge in [-0.2, -0.15) is 0 Å². The number of thiophene rings is 1. The Hall–Kier alpha value is -2.25. The van der Waals surface area contributed by atoms with Crippen LogP contribution in [0.15, 0.2) is 47.8 Å². The summed E-state index contributed by atoms with van der Waals surface area (Å²) in [6.07, 6.45) is 0.808. The Bertz CT molecular complexity index is 1090. The van der Waals surface area contributed by atoms with E-state index in [0.717, 1.165) is 18.5 Å². The number of amides is 1. The Kier molecular flexibility index (Phi) is 6.72. The molecule has 1 aliphatic heterocycles. The van der Waals surface area contributed by atoms with Gasteiger partial charge in [0.05, 0.1) is 37.5 Å². The van der Waals surface area contributed by atoms with Crippen molar-refractivity contribution in [3.05, 3.63) is 73.9 Å². The zero-order chi connectivity index (χ0) is 22.0. The van der Waals surface area contributed by atoms with E-state index in [1.165, 1.54) is 10.4 Å². The highest BCUT2D eigenvalue weighted by Gasteiger charge is 2.32. The molecule has 0 bridgehead atoms. The summed E-state index contributed by atoms with van der Waals surface area (Å²) in [5.41, 5.74) is 2.83. The molecule has 0 unspecified atom stereocenters. The van der Waals surface area contributed by atoms with Crippen molar-refractivity contribution in [3.8, 4) is 11.5 Å². The second-order valence-corrected chi connectivity index (χ2v) is 9.04. The van der Waals surface area contributed by atoms with Gasteiger partial charge >= 0.3 is 0 Å². The van der Waals surface area contributed by atoms with Gasteiger partial charge in [0, 0.05) is 16.4 Å². The lowest BCUT2D eigenvalue weighted by atomic mass is 9.91. The van der Waals surface area contributed by atoms with Gasteiger partial charge < -0.3 is 14.8 Å². The first kappa shape index (κ1) is 22.0. The molecule has 8 heteroatoms. The zero-order valence-corrected chi connectivity index (χ0v) is 19.5. The molecule has 2 heterocycles. The number of rotatable bonds is 6. The number of carbonyl (C=O) groups is 1. The molecule has 1 aromatic heterocycles. The molecule has 162 valence electrons. The maximum absolute atomic E-state index is 12.9. The van der Waals surface area contributed by atoms with E-state index in [1.807, 2.05) is 23.6 Å². The van der Waals surface area contributed by atoms with Gasteiger partial charge in [-0.3, -0.25) is 9.69 Å². The Morgan fingerprint density at radius 3 is 2.65 bits per heavy atom. The molecule has 3 aromatic rings. The molecular formula is C23H22Cl2N2O3S. The molecule has 4 rings (SSSR count). The van der Waals surface area contributed by atoms with Crippen molar-refractivity contribution in [2.24, 2.45) is 0 Å². The van der Waals surface area contributed by atoms with Crippen LogP contribution in [0.5, 0.6) is 11.5 Å². The predicted octanol–water partition coefficient (Wildman–Crippen LogP) is 5.66. The highest BCUT2D eigenvalue weighted by molar-refractivity contribution is 7.10. The second kappa shape index (κ2) is 9.49. The number of halogens is 2. The number of ether oxygens (including phenoxy) is 2. The third-order valence-electron chi connectivity index (χ3n) is 5.34. The molecular weight excluding hydrogens is 455 g/mol. The van der Waals surface area contributed by atoms with E-state index in [9.17, 15) is 4.79 Å². The average molecular weight is 477 g/mol. The van der Waals surface area contributed by atoms with E-state index in [2.05, 4.69) is 16.3 Å². The van der Waals surface area contributed by atoms with Gasteiger partial charge in [-0.15, -0.1) is 11.3 Å². The summed E-state index contributed by atoms with van der Waals surface area (Å²) in [6, 6.07) is 13.2. The van der Waals surface area contributed by atoms with Crippen molar-refractivity contribution in [2.45, 2.75) is 12.5 Å². The molecule has 0 spiro atoms. The monoisotopic (exact) mass is 476 g/mol. The normalized spacial score (nSPS) is 15.9. The third-order valence-corrected chi connectivity index (χ3v) is 6.82. The van der Waals surface area contributed by atoms with Crippen LogP contribution < -0.4 is 14.8 Å². The Morgan fingerprint density at radius 2 is 1.94 bits per heavy atom. The largest absolute Gasteiger partial charge is 0.493 e. The van der Waals surface area contributed by atoms with Crippen LogP contribution in [0.25, 0.3) is 0 Å². The summed E-state index contributed by atoms with van der Waals surface area (Å²) in [7, 11) is 3.27. The first-order valence-electron chi connectivity index (χ1n) is 9.77. The molecule has 31 heavy (non-hydrogen) atoms. The topological polar surface area (TPSA) is 50.8 Å². The highest BCUT2D eigenvalue weighted by atomic mass is 35.5. The van der Waals surface area contributed by atoms with Gasteiger partial charge in [0.15, 0.2) is 11.5 Å². The molecule has 0 radical (unpaired) electrons. The number of hydrogen-bond donors (Lipinski definition) is 1. The number of methoxy groups -OCH3 is 2. The van der Waals surface area contributed by atoms with E-state index < -0.39 is 0 Å². The maximum atomic E-state index is 12.9. The first-order valence-corrected chi connectivity index (χ1v) is 11.4. The van der Waals surface area contributed by atoms with Crippen molar-refractivity contribution in [2.75, 3.05) is 32.6 Å². The lowest BCUT2D eigenvalue weighted by Gasteiger charge is -2.37. The fraction of sp³-hybridized carbons (Fsp3) is 0.261. The molecule has 1 aliphatic rings. The highest BCUT2D eigenvalue weighted by Crippen LogP contribution is 2.42. The fourth-order valence-corrected chi connectivity index (χ4v) is 5.13. The first-order chi connectivity index (χ1) is 15.0. The number of fused-ring (bicyclic) bond motifs is 1. The van der Waals surface area contributed by atoms with E-state index >= 15 is 0 Å². The summed E-state index contributed by atoms with van der Waals surface area (Å²) < 4.78 is 11.0. The molecule has 1 amide bonds. The molecule has 0 saturated heterocycles. The minimum atomic E-state index is -0.144. The molecule has 5 nitrogen and oxygen atoms in total. The van der Waals surface area contributed by atoms with Crippen LogP contribution in [-0.2, 0) is 11.2 Å². The molecule has 2 aromatic carbocycles. The Labute approximate surface area is 195 Å². The minimum absolute atomic E-state index is 0.0517. The minimum Gasteiger partial charge on any atom is -0.493 e. The Morgan fingerprint density at radius 1 is 1.16 bits per heavy atom. The van der Waals surface area contributed by atoms with Crippen molar-refractivity contribution in [1.82, 2.24) is 4.90 Å². The van der Waals surface area contributed by atoms with Gasteiger partial charge in [0.2, 0.25) is 5.91 Å². The lowest BCUT2D eigenvalue weighted by Crippen LogP contribution is -2.41. The van der Waals surface area contributed by atoms with Crippen LogP contribution in [-0.4, -0.2) is 38.1 Å². The van der Waals surface area contributed by atoms with E-state index in [1.54, 1.807) is 43.8 Å². The number of anilines is 1. The maximum Gasteiger partial charge on any atom is 0.238 e. The van der Waals surface area contributed by atoms with Gasteiger partial charge in [0.1, 0.15) is 0 Å². The summed E-state index contributed by atoms with van der Waals surface area (Å²) >= 11 is 13.9. The van der Waals surface area contributed by atoms with Gasteiger partial charge in [-0.25, -0.2) is 0 Å². The number of nitrogens with one attached hydrogen (secondary N) is 1. The number of carbonyl (C=O) groups excluding carboxylic acids is 1. The zero-order valence-electron chi connectivity index (χ0n) is 17.2. The van der Waals surface area contributed by atoms with Crippen LogP contribution in [0.3, 0.4) is 0 Å². The predicted molar refractivity (Wildman–Crippen MR) is 126 cm³/mol. The second-order valence-electron chi connectivity index (χ2n) is 7.22.